The van der Waals surface area contributed by atoms with Gasteiger partial charge in [0, 0.05) is 22.9 Å². The number of nitrogens with one attached hydrogen (secondary N) is 2. The van der Waals surface area contributed by atoms with Gasteiger partial charge in [0.05, 0.1) is 0 Å². The number of urea groups is 1. The topological polar surface area (TPSA) is 44.4 Å². The molecule has 0 aromatic heterocycles. The molecule has 1 aliphatic rings. The molecule has 4 nitrogen and oxygen atoms in total. The normalized spacial score (nSPS) is 15.8. The lowest BCUT2D eigenvalue weighted by atomic mass is 9.99. The number of anilines is 2. The Balaban J connectivity index is 1.50. The molecule has 0 unspecified atom stereocenters. The minimum absolute atomic E-state index is 0.264. The Morgan fingerprint density at radius 1 is 1.00 bits per heavy atom. The number of hydrogen-bond acceptors (Lipinski definition) is 2. The van der Waals surface area contributed by atoms with Crippen LogP contribution in [0.5, 0.6) is 0 Å². The van der Waals surface area contributed by atoms with Crippen LogP contribution in [-0.4, -0.2) is 24.0 Å². The zero-order chi connectivity index (χ0) is 17.6. The summed E-state index contributed by atoms with van der Waals surface area (Å²) < 4.78 is 0. The fraction of sp³-hybridized carbons (Fsp3) is 0.350. The van der Waals surface area contributed by atoms with Crippen molar-refractivity contribution >= 4 is 29.0 Å². The van der Waals surface area contributed by atoms with E-state index in [2.05, 4.69) is 34.6 Å². The zero-order valence-electron chi connectivity index (χ0n) is 14.5. The van der Waals surface area contributed by atoms with Crippen LogP contribution in [0.15, 0.2) is 48.5 Å². The Bertz CT molecular complexity index is 692. The van der Waals surface area contributed by atoms with E-state index in [1.54, 1.807) is 24.3 Å². The second-order valence-electron chi connectivity index (χ2n) is 6.74. The van der Waals surface area contributed by atoms with Crippen LogP contribution in [0, 0.1) is 5.92 Å². The number of benzene rings is 2. The summed E-state index contributed by atoms with van der Waals surface area (Å²) in [5.41, 5.74) is 2.76. The van der Waals surface area contributed by atoms with Crippen LogP contribution < -0.4 is 10.6 Å². The molecule has 132 valence electrons. The average molecular weight is 358 g/mol. The maximum Gasteiger partial charge on any atom is 0.323 e. The largest absolute Gasteiger partial charge is 0.323 e. The van der Waals surface area contributed by atoms with Gasteiger partial charge in [0.2, 0.25) is 0 Å². The molecule has 2 N–H and O–H groups in total. The molecule has 1 saturated heterocycles. The SMILES string of the molecule is CC1CCN(Cc2ccc(NC(=O)Nc3ccc(Cl)cc3)cc2)CC1. The maximum absolute atomic E-state index is 12.0. The Morgan fingerprint density at radius 2 is 1.52 bits per heavy atom. The standard InChI is InChI=1S/C20H24ClN3O/c1-15-10-12-24(13-11-15)14-16-2-6-18(7-3-16)22-20(25)23-19-8-4-17(21)5-9-19/h2-9,15H,10-14H2,1H3,(H2,22,23,25). The molecular formula is C20H24ClN3O. The molecule has 25 heavy (non-hydrogen) atoms. The summed E-state index contributed by atoms with van der Waals surface area (Å²) in [7, 11) is 0. The maximum atomic E-state index is 12.0. The van der Waals surface area contributed by atoms with Crippen molar-refractivity contribution in [2.75, 3.05) is 23.7 Å². The summed E-state index contributed by atoms with van der Waals surface area (Å²) in [5.74, 6) is 0.849. The third kappa shape index (κ3) is 5.48. The second kappa shape index (κ2) is 8.37. The van der Waals surface area contributed by atoms with E-state index in [9.17, 15) is 4.79 Å². The summed E-state index contributed by atoms with van der Waals surface area (Å²) in [5, 5.41) is 6.27. The number of rotatable bonds is 4. The smallest absolute Gasteiger partial charge is 0.308 e. The van der Waals surface area contributed by atoms with Gasteiger partial charge in [-0.25, -0.2) is 4.79 Å². The molecular weight excluding hydrogens is 334 g/mol. The highest BCUT2D eigenvalue weighted by Crippen LogP contribution is 2.19. The van der Waals surface area contributed by atoms with E-state index in [0.717, 1.165) is 18.2 Å². The number of likely N-dealkylation sites (tertiary alicyclic amines) is 1. The summed E-state index contributed by atoms with van der Waals surface area (Å²) in [6, 6.07) is 14.8. The van der Waals surface area contributed by atoms with Crippen molar-refractivity contribution in [2.45, 2.75) is 26.3 Å². The first-order valence-electron chi connectivity index (χ1n) is 8.73. The van der Waals surface area contributed by atoms with Crippen LogP contribution in [0.2, 0.25) is 5.02 Å². The van der Waals surface area contributed by atoms with E-state index in [4.69, 9.17) is 11.6 Å². The number of halogens is 1. The van der Waals surface area contributed by atoms with Gasteiger partial charge in [-0.2, -0.15) is 0 Å². The summed E-state index contributed by atoms with van der Waals surface area (Å²) in [4.78, 5) is 14.5. The second-order valence-corrected chi connectivity index (χ2v) is 7.18. The molecule has 0 aliphatic carbocycles. The molecule has 2 aromatic rings. The summed E-state index contributed by atoms with van der Waals surface area (Å²) in [6.45, 7) is 5.65. The molecule has 0 atom stereocenters. The van der Waals surface area contributed by atoms with Gasteiger partial charge in [0.25, 0.3) is 0 Å². The Hall–Kier alpha value is -2.04. The molecule has 5 heteroatoms. The van der Waals surface area contributed by atoms with Crippen LogP contribution >= 0.6 is 11.6 Å². The van der Waals surface area contributed by atoms with Crippen molar-refractivity contribution < 1.29 is 4.79 Å². The average Bonchev–Trinajstić information content (AvgIpc) is 2.61. The van der Waals surface area contributed by atoms with Gasteiger partial charge in [0.15, 0.2) is 0 Å². The van der Waals surface area contributed by atoms with Crippen molar-refractivity contribution in [1.82, 2.24) is 4.90 Å². The molecule has 0 spiro atoms. The number of carbonyl (C=O) groups excluding carboxylic acids is 1. The summed E-state index contributed by atoms with van der Waals surface area (Å²) >= 11 is 5.84. The van der Waals surface area contributed by atoms with Crippen molar-refractivity contribution in [1.29, 1.82) is 0 Å². The third-order valence-electron chi connectivity index (χ3n) is 4.60. The predicted molar refractivity (Wildman–Crippen MR) is 104 cm³/mol. The van der Waals surface area contributed by atoms with Gasteiger partial charge in [-0.3, -0.25) is 4.90 Å². The van der Waals surface area contributed by atoms with E-state index in [1.165, 1.54) is 31.5 Å². The van der Waals surface area contributed by atoms with Crippen molar-refractivity contribution in [3.8, 4) is 0 Å². The van der Waals surface area contributed by atoms with Crippen molar-refractivity contribution in [3.05, 3.63) is 59.1 Å². The zero-order valence-corrected chi connectivity index (χ0v) is 15.2. The van der Waals surface area contributed by atoms with Gasteiger partial charge < -0.3 is 10.6 Å². The molecule has 0 radical (unpaired) electrons. The Kier molecular flexibility index (Phi) is 5.95. The van der Waals surface area contributed by atoms with Crippen molar-refractivity contribution in [3.63, 3.8) is 0 Å². The first-order chi connectivity index (χ1) is 12.1. The van der Waals surface area contributed by atoms with Gasteiger partial charge in [-0.05, 0) is 73.8 Å². The Labute approximate surface area is 154 Å². The summed E-state index contributed by atoms with van der Waals surface area (Å²) in [6.07, 6.45) is 2.56. The number of piperidine rings is 1. The monoisotopic (exact) mass is 357 g/mol. The number of nitrogens with zero attached hydrogens (tertiary/aromatic N) is 1. The Morgan fingerprint density at radius 3 is 2.08 bits per heavy atom. The lowest BCUT2D eigenvalue weighted by Gasteiger charge is -2.30. The van der Waals surface area contributed by atoms with E-state index < -0.39 is 0 Å². The number of carbonyl (C=O) groups is 1. The minimum Gasteiger partial charge on any atom is -0.308 e. The fourth-order valence-corrected chi connectivity index (χ4v) is 3.12. The minimum atomic E-state index is -0.264. The van der Waals surface area contributed by atoms with E-state index >= 15 is 0 Å². The van der Waals surface area contributed by atoms with Crippen LogP contribution in [-0.2, 0) is 6.54 Å². The van der Waals surface area contributed by atoms with Gasteiger partial charge in [0.1, 0.15) is 0 Å². The number of hydrogen-bond donors (Lipinski definition) is 2. The molecule has 0 bridgehead atoms. The lowest BCUT2D eigenvalue weighted by Crippen LogP contribution is -2.32. The van der Waals surface area contributed by atoms with E-state index in [1.807, 2.05) is 12.1 Å². The first-order valence-corrected chi connectivity index (χ1v) is 9.11. The van der Waals surface area contributed by atoms with Gasteiger partial charge in [-0.1, -0.05) is 30.7 Å². The van der Waals surface area contributed by atoms with Crippen molar-refractivity contribution in [2.24, 2.45) is 5.92 Å². The fourth-order valence-electron chi connectivity index (χ4n) is 3.00. The molecule has 1 aliphatic heterocycles. The molecule has 0 saturated carbocycles. The highest BCUT2D eigenvalue weighted by Gasteiger charge is 2.15. The van der Waals surface area contributed by atoms with Crippen LogP contribution in [0.25, 0.3) is 0 Å². The highest BCUT2D eigenvalue weighted by molar-refractivity contribution is 6.30. The molecule has 3 rings (SSSR count). The predicted octanol–water partition coefficient (Wildman–Crippen LogP) is 5.22. The van der Waals surface area contributed by atoms with Crippen LogP contribution in [0.1, 0.15) is 25.3 Å². The van der Waals surface area contributed by atoms with Crippen LogP contribution in [0.3, 0.4) is 0 Å². The first kappa shape index (κ1) is 17.8. The highest BCUT2D eigenvalue weighted by atomic mass is 35.5. The van der Waals surface area contributed by atoms with Crippen LogP contribution in [0.4, 0.5) is 16.2 Å². The molecule has 1 heterocycles. The van der Waals surface area contributed by atoms with E-state index in [-0.39, 0.29) is 6.03 Å². The number of amides is 2. The molecule has 1 fully saturated rings. The molecule has 2 amide bonds. The lowest BCUT2D eigenvalue weighted by molar-refractivity contribution is 0.185. The third-order valence-corrected chi connectivity index (χ3v) is 4.85. The van der Waals surface area contributed by atoms with Gasteiger partial charge in [-0.15, -0.1) is 0 Å². The quantitative estimate of drug-likeness (QED) is 0.788. The molecule has 2 aromatic carbocycles. The van der Waals surface area contributed by atoms with E-state index in [0.29, 0.717) is 10.7 Å². The van der Waals surface area contributed by atoms with Gasteiger partial charge >= 0.3 is 6.03 Å².